The minimum absolute atomic E-state index is 0.0711. The van der Waals surface area contributed by atoms with Crippen LogP contribution in [0.25, 0.3) is 0 Å². The van der Waals surface area contributed by atoms with Crippen molar-refractivity contribution in [1.29, 1.82) is 0 Å². The van der Waals surface area contributed by atoms with Gasteiger partial charge in [0, 0.05) is 0 Å². The summed E-state index contributed by atoms with van der Waals surface area (Å²) in [5, 5.41) is 0. The number of nitrogens with two attached hydrogens (primary N) is 2. The molecule has 8 nitrogen and oxygen atoms in total. The van der Waals surface area contributed by atoms with Crippen LogP contribution >= 0.6 is 0 Å². The van der Waals surface area contributed by atoms with Gasteiger partial charge in [0.05, 0.1) is 13.2 Å². The lowest BCUT2D eigenvalue weighted by Crippen LogP contribution is -2.31. The molecule has 4 atom stereocenters. The van der Waals surface area contributed by atoms with E-state index in [1.165, 1.54) is 0 Å². The molecule has 0 aliphatic carbocycles. The van der Waals surface area contributed by atoms with Crippen molar-refractivity contribution in [3.8, 4) is 0 Å². The van der Waals surface area contributed by atoms with Gasteiger partial charge in [0.1, 0.15) is 12.7 Å². The number of rotatable bonds is 3. The highest BCUT2D eigenvalue weighted by Crippen LogP contribution is 2.11. The molecule has 0 aromatic carbocycles. The zero-order chi connectivity index (χ0) is 11.5. The topological polar surface area (TPSA) is 115 Å². The summed E-state index contributed by atoms with van der Waals surface area (Å²) in [5.41, 5.74) is 10.6. The molecular weight excluding hydrogens is 220 g/mol. The van der Waals surface area contributed by atoms with Crippen LogP contribution in [0, 0.1) is 0 Å². The predicted octanol–water partition coefficient (Wildman–Crippen LogP) is -2.15. The Balaban J connectivity index is 1.68. The average molecular weight is 234 g/mol. The van der Waals surface area contributed by atoms with E-state index in [0.29, 0.717) is 6.61 Å². The summed E-state index contributed by atoms with van der Waals surface area (Å²) in [6.45, 7) is 0.471. The van der Waals surface area contributed by atoms with Crippen LogP contribution in [-0.2, 0) is 28.5 Å². The fourth-order valence-electron chi connectivity index (χ4n) is 1.37. The highest BCUT2D eigenvalue weighted by Gasteiger charge is 2.32. The lowest BCUT2D eigenvalue weighted by atomic mass is 10.4. The van der Waals surface area contributed by atoms with Gasteiger partial charge in [-0.05, 0) is 0 Å². The molecule has 0 saturated carbocycles. The molecule has 0 spiro atoms. The molecule has 2 fully saturated rings. The second-order valence-corrected chi connectivity index (χ2v) is 3.42. The van der Waals surface area contributed by atoms with Crippen LogP contribution in [0.3, 0.4) is 0 Å². The van der Waals surface area contributed by atoms with Crippen molar-refractivity contribution < 1.29 is 28.5 Å². The van der Waals surface area contributed by atoms with Gasteiger partial charge in [-0.1, -0.05) is 0 Å². The van der Waals surface area contributed by atoms with E-state index in [4.69, 9.17) is 35.2 Å². The molecule has 0 bridgehead atoms. The van der Waals surface area contributed by atoms with Crippen LogP contribution in [-0.4, -0.2) is 50.8 Å². The summed E-state index contributed by atoms with van der Waals surface area (Å²) in [4.78, 5) is 11.4. The van der Waals surface area contributed by atoms with Crippen LogP contribution in [0.5, 0.6) is 0 Å². The first-order valence-electron chi connectivity index (χ1n) is 4.87. The summed E-state index contributed by atoms with van der Waals surface area (Å²) in [5.74, 6) is -0.531. The molecule has 0 aromatic heterocycles. The molecule has 2 aliphatic rings. The smallest absolute Gasteiger partial charge is 0.337 e. The van der Waals surface area contributed by atoms with Gasteiger partial charge in [0.2, 0.25) is 12.8 Å². The largest absolute Gasteiger partial charge is 0.461 e. The van der Waals surface area contributed by atoms with Crippen molar-refractivity contribution >= 4 is 5.97 Å². The van der Waals surface area contributed by atoms with E-state index in [0.717, 1.165) is 0 Å². The van der Waals surface area contributed by atoms with Gasteiger partial charge in [0.25, 0.3) is 0 Å². The van der Waals surface area contributed by atoms with E-state index in [1.807, 2.05) is 0 Å². The predicted molar refractivity (Wildman–Crippen MR) is 48.6 cm³/mol. The van der Waals surface area contributed by atoms with Crippen LogP contribution in [0.15, 0.2) is 0 Å². The Bertz CT molecular complexity index is 263. The van der Waals surface area contributed by atoms with Gasteiger partial charge in [-0.25, -0.2) is 4.79 Å². The maximum Gasteiger partial charge on any atom is 0.337 e. The molecule has 2 saturated heterocycles. The second kappa shape index (κ2) is 5.04. The summed E-state index contributed by atoms with van der Waals surface area (Å²) in [6.07, 6.45) is -2.72. The average Bonchev–Trinajstić information content (AvgIpc) is 2.84. The molecule has 8 heteroatoms. The first kappa shape index (κ1) is 11.7. The van der Waals surface area contributed by atoms with Crippen LogP contribution in [0.4, 0.5) is 0 Å². The first-order valence-corrected chi connectivity index (χ1v) is 4.87. The Hall–Kier alpha value is -0.770. The minimum Gasteiger partial charge on any atom is -0.461 e. The third-order valence-corrected chi connectivity index (χ3v) is 2.16. The number of esters is 1. The fourth-order valence-corrected chi connectivity index (χ4v) is 1.37. The van der Waals surface area contributed by atoms with Crippen molar-refractivity contribution in [2.75, 3.05) is 19.8 Å². The maximum atomic E-state index is 11.4. The Morgan fingerprint density at radius 2 is 1.88 bits per heavy atom. The lowest BCUT2D eigenvalue weighted by molar-refractivity contribution is -0.160. The van der Waals surface area contributed by atoms with Gasteiger partial charge in [-0.2, -0.15) is 0 Å². The van der Waals surface area contributed by atoms with Crippen LogP contribution in [0.2, 0.25) is 0 Å². The van der Waals surface area contributed by atoms with Gasteiger partial charge >= 0.3 is 5.97 Å². The Kier molecular flexibility index (Phi) is 3.69. The zero-order valence-electron chi connectivity index (χ0n) is 8.53. The van der Waals surface area contributed by atoms with Gasteiger partial charge < -0.3 is 23.7 Å². The van der Waals surface area contributed by atoms with E-state index in [2.05, 4.69) is 0 Å². The highest BCUT2D eigenvalue weighted by molar-refractivity contribution is 5.75. The quantitative estimate of drug-likeness (QED) is 0.531. The minimum atomic E-state index is -0.864. The number of hydrogen-bond acceptors (Lipinski definition) is 8. The number of carbonyl (C=O) groups is 1. The molecule has 2 heterocycles. The Morgan fingerprint density at radius 1 is 1.19 bits per heavy atom. The normalized spacial score (nSPS) is 38.9. The number of carbonyl (C=O) groups excluding carboxylic acids is 1. The molecule has 16 heavy (non-hydrogen) atoms. The van der Waals surface area contributed by atoms with Crippen LogP contribution in [0.1, 0.15) is 0 Å². The summed E-state index contributed by atoms with van der Waals surface area (Å²) in [7, 11) is 0. The second-order valence-electron chi connectivity index (χ2n) is 3.42. The van der Waals surface area contributed by atoms with Crippen molar-refractivity contribution in [2.45, 2.75) is 25.0 Å². The third-order valence-electron chi connectivity index (χ3n) is 2.16. The zero-order valence-corrected chi connectivity index (χ0v) is 8.53. The van der Waals surface area contributed by atoms with Crippen molar-refractivity contribution in [3.05, 3.63) is 0 Å². The first-order chi connectivity index (χ1) is 7.65. The maximum absolute atomic E-state index is 11.4. The Morgan fingerprint density at radius 3 is 2.44 bits per heavy atom. The number of hydrogen-bond donors (Lipinski definition) is 2. The molecule has 0 amide bonds. The molecule has 92 valence electrons. The Labute approximate surface area is 91.7 Å². The molecule has 2 rings (SSSR count). The third kappa shape index (κ3) is 2.88. The van der Waals surface area contributed by atoms with E-state index >= 15 is 0 Å². The molecule has 4 N–H and O–H groups in total. The molecular formula is C8H14N2O6. The molecule has 0 aromatic rings. The number of ether oxygens (including phenoxy) is 5. The molecule has 4 unspecified atom stereocenters. The van der Waals surface area contributed by atoms with Crippen molar-refractivity contribution in [2.24, 2.45) is 11.5 Å². The van der Waals surface area contributed by atoms with Crippen molar-refractivity contribution in [1.82, 2.24) is 0 Å². The van der Waals surface area contributed by atoms with Crippen molar-refractivity contribution in [3.63, 3.8) is 0 Å². The lowest BCUT2D eigenvalue weighted by Gasteiger charge is -2.11. The van der Waals surface area contributed by atoms with E-state index in [1.54, 1.807) is 0 Å². The summed E-state index contributed by atoms with van der Waals surface area (Å²) >= 11 is 0. The fraction of sp³-hybridized carbons (Fsp3) is 0.875. The monoisotopic (exact) mass is 234 g/mol. The molecule has 2 aliphatic heterocycles. The molecule has 0 radical (unpaired) electrons. The summed E-state index contributed by atoms with van der Waals surface area (Å²) in [6, 6.07) is 0. The van der Waals surface area contributed by atoms with Gasteiger partial charge in [0.15, 0.2) is 6.10 Å². The van der Waals surface area contributed by atoms with Gasteiger partial charge in [-0.15, -0.1) is 0 Å². The highest BCUT2D eigenvalue weighted by atomic mass is 16.8. The van der Waals surface area contributed by atoms with E-state index in [9.17, 15) is 4.79 Å². The standard InChI is InChI=1S/C8H14N2O6/c9-7-13-2-4(15-7)1-12-6(11)5-3-14-8(10)16-5/h4-5,7-8H,1-3,9-10H2. The summed E-state index contributed by atoms with van der Waals surface area (Å²) < 4.78 is 24.7. The SMILES string of the molecule is NC1OCC(COC(=O)C2COC(N)O2)O1. The van der Waals surface area contributed by atoms with Crippen LogP contribution < -0.4 is 11.5 Å². The van der Waals surface area contributed by atoms with E-state index < -0.39 is 24.9 Å². The van der Waals surface area contributed by atoms with E-state index in [-0.39, 0.29) is 19.3 Å². The van der Waals surface area contributed by atoms with Gasteiger partial charge in [-0.3, -0.25) is 11.5 Å².